The van der Waals surface area contributed by atoms with Gasteiger partial charge in [-0.05, 0) is 25.2 Å². The molecule has 0 aromatic rings. The fourth-order valence-corrected chi connectivity index (χ4v) is 1.93. The second-order valence-corrected chi connectivity index (χ2v) is 5.44. The molecule has 0 N–H and O–H groups in total. The second-order valence-electron chi connectivity index (χ2n) is 2.95. The van der Waals surface area contributed by atoms with Gasteiger partial charge < -0.3 is 18.9 Å². The van der Waals surface area contributed by atoms with E-state index in [1.54, 1.807) is 0 Å². The normalized spacial score (nSPS) is 13.1. The second kappa shape index (κ2) is 17.3. The van der Waals surface area contributed by atoms with E-state index in [1.165, 1.54) is 0 Å². The molecule has 0 fully saturated rings. The van der Waals surface area contributed by atoms with Gasteiger partial charge in [0.2, 0.25) is 0 Å². The van der Waals surface area contributed by atoms with Gasteiger partial charge in [0, 0.05) is 16.1 Å². The van der Waals surface area contributed by atoms with Crippen LogP contribution in [0, 0.1) is 0 Å². The molecule has 4 nitrogen and oxygen atoms in total. The molecule has 0 aromatic carbocycles. The largest absolute Gasteiger partial charge is 2.00 e. The minimum atomic E-state index is -2.40. The van der Waals surface area contributed by atoms with E-state index in [2.05, 4.69) is 0 Å². The van der Waals surface area contributed by atoms with Crippen LogP contribution >= 0.6 is 16.1 Å². The van der Waals surface area contributed by atoms with E-state index in [1.807, 2.05) is 13.8 Å². The molecular formula is C8H20CoO4P2. The Morgan fingerprint density at radius 3 is 1.20 bits per heavy atom. The van der Waals surface area contributed by atoms with Gasteiger partial charge in [-0.2, -0.15) is 0 Å². The molecule has 0 bridgehead atoms. The van der Waals surface area contributed by atoms with E-state index >= 15 is 0 Å². The van der Waals surface area contributed by atoms with Crippen LogP contribution in [0.25, 0.3) is 0 Å². The van der Waals surface area contributed by atoms with Crippen molar-refractivity contribution in [3.8, 4) is 0 Å². The summed E-state index contributed by atoms with van der Waals surface area (Å²) in [5.74, 6) is 0. The van der Waals surface area contributed by atoms with E-state index in [4.69, 9.17) is 0 Å². The van der Waals surface area contributed by atoms with Crippen LogP contribution in [0.1, 0.15) is 39.5 Å². The van der Waals surface area contributed by atoms with Crippen molar-refractivity contribution >= 4 is 16.1 Å². The summed E-state index contributed by atoms with van der Waals surface area (Å²) in [7, 11) is -4.79. The standard InChI is InChI=1S/2C4H11O2P.Co/c2*1-2-3-4-7(5)6;/h2*7H,2-4H2,1H3,(H,5,6);/q;;+2/p-2. The van der Waals surface area contributed by atoms with Gasteiger partial charge in [0.05, 0.1) is 0 Å². The summed E-state index contributed by atoms with van der Waals surface area (Å²) in [5.41, 5.74) is 0. The predicted molar refractivity (Wildman–Crippen MR) is 57.6 cm³/mol. The molecule has 7 heteroatoms. The van der Waals surface area contributed by atoms with Gasteiger partial charge in [-0.25, -0.2) is 0 Å². The molecule has 95 valence electrons. The summed E-state index contributed by atoms with van der Waals surface area (Å²) in [5, 5.41) is 0. The maximum Gasteiger partial charge on any atom is 2.00 e. The molecule has 0 heterocycles. The minimum Gasteiger partial charge on any atom is -0.802 e. The molecule has 2 unspecified atom stereocenters. The average molecular weight is 301 g/mol. The molecule has 0 saturated carbocycles. The van der Waals surface area contributed by atoms with Gasteiger partial charge in [0.1, 0.15) is 0 Å². The molecular weight excluding hydrogens is 281 g/mol. The van der Waals surface area contributed by atoms with Crippen LogP contribution < -0.4 is 9.79 Å². The molecule has 0 aliphatic rings. The van der Waals surface area contributed by atoms with Crippen molar-refractivity contribution in [2.75, 3.05) is 12.3 Å². The van der Waals surface area contributed by atoms with Crippen LogP contribution in [0.2, 0.25) is 0 Å². The first-order valence-corrected chi connectivity index (χ1v) is 7.99. The third-order valence-corrected chi connectivity index (χ3v) is 2.99. The summed E-state index contributed by atoms with van der Waals surface area (Å²) in [6, 6.07) is 0. The Labute approximate surface area is 104 Å². The smallest absolute Gasteiger partial charge is 0.802 e. The summed E-state index contributed by atoms with van der Waals surface area (Å²) < 4.78 is 19.7. The predicted octanol–water partition coefficient (Wildman–Crippen LogP) is 1.24. The van der Waals surface area contributed by atoms with Crippen molar-refractivity contribution < 1.29 is 35.7 Å². The molecule has 0 aliphatic carbocycles. The molecule has 2 atom stereocenters. The first-order valence-electron chi connectivity index (χ1n) is 4.94. The van der Waals surface area contributed by atoms with Crippen molar-refractivity contribution in [3.63, 3.8) is 0 Å². The molecule has 0 aromatic heterocycles. The zero-order chi connectivity index (χ0) is 11.4. The van der Waals surface area contributed by atoms with Crippen molar-refractivity contribution in [1.29, 1.82) is 0 Å². The fraction of sp³-hybridized carbons (Fsp3) is 1.00. The Morgan fingerprint density at radius 1 is 0.867 bits per heavy atom. The molecule has 1 radical (unpaired) electrons. The quantitative estimate of drug-likeness (QED) is 0.691. The third kappa shape index (κ3) is 31.3. The molecule has 0 aliphatic heterocycles. The Hall–Kier alpha value is 0.886. The SMILES string of the molecule is CCCC[PH](=O)[O-].CCCC[PH](=O)[O-].[Co+2]. The molecule has 0 saturated heterocycles. The van der Waals surface area contributed by atoms with Crippen LogP contribution in [-0.4, -0.2) is 12.3 Å². The summed E-state index contributed by atoms with van der Waals surface area (Å²) >= 11 is 0. The van der Waals surface area contributed by atoms with E-state index in [-0.39, 0.29) is 16.8 Å². The van der Waals surface area contributed by atoms with Crippen molar-refractivity contribution in [1.82, 2.24) is 0 Å². The van der Waals surface area contributed by atoms with Crippen LogP contribution in [0.3, 0.4) is 0 Å². The van der Waals surface area contributed by atoms with Gasteiger partial charge in [-0.1, -0.05) is 26.7 Å². The molecule has 0 amide bonds. The molecule has 15 heavy (non-hydrogen) atoms. The summed E-state index contributed by atoms with van der Waals surface area (Å²) in [6.07, 6.45) is 4.36. The zero-order valence-corrected chi connectivity index (χ0v) is 12.3. The number of hydrogen-bond donors (Lipinski definition) is 0. The Bertz CT molecular complexity index is 149. The minimum absolute atomic E-state index is 0. The third-order valence-electron chi connectivity index (χ3n) is 1.47. The van der Waals surface area contributed by atoms with Crippen molar-refractivity contribution in [2.24, 2.45) is 0 Å². The van der Waals surface area contributed by atoms with Crippen LogP contribution in [0.4, 0.5) is 0 Å². The Balaban J connectivity index is -0.000000180. The summed E-state index contributed by atoms with van der Waals surface area (Å²) in [6.45, 7) is 3.95. The van der Waals surface area contributed by atoms with Crippen molar-refractivity contribution in [2.45, 2.75) is 39.5 Å². The Kier molecular flexibility index (Phi) is 24.4. The first kappa shape index (κ1) is 21.2. The topological polar surface area (TPSA) is 80.3 Å². The fourth-order valence-electron chi connectivity index (χ4n) is 0.642. The van der Waals surface area contributed by atoms with Gasteiger partial charge >= 0.3 is 16.8 Å². The number of rotatable bonds is 6. The van der Waals surface area contributed by atoms with Gasteiger partial charge in [-0.15, -0.1) is 0 Å². The van der Waals surface area contributed by atoms with Crippen LogP contribution in [-0.2, 0) is 25.9 Å². The number of unbranched alkanes of at least 4 members (excludes halogenated alkanes) is 2. The first-order chi connectivity index (χ1) is 6.54. The van der Waals surface area contributed by atoms with E-state index in [0.29, 0.717) is 12.3 Å². The average Bonchev–Trinajstić information content (AvgIpc) is 2.12. The number of hydrogen-bond acceptors (Lipinski definition) is 4. The van der Waals surface area contributed by atoms with Crippen LogP contribution in [0.15, 0.2) is 0 Å². The van der Waals surface area contributed by atoms with Gasteiger partial charge in [0.15, 0.2) is 0 Å². The van der Waals surface area contributed by atoms with Crippen molar-refractivity contribution in [3.05, 3.63) is 0 Å². The van der Waals surface area contributed by atoms with Gasteiger partial charge in [-0.3, -0.25) is 0 Å². The zero-order valence-electron chi connectivity index (χ0n) is 9.21. The maximum atomic E-state index is 9.83. The van der Waals surface area contributed by atoms with Gasteiger partial charge in [0.25, 0.3) is 0 Å². The van der Waals surface area contributed by atoms with E-state index < -0.39 is 16.1 Å². The molecule has 0 spiro atoms. The van der Waals surface area contributed by atoms with E-state index in [0.717, 1.165) is 25.7 Å². The van der Waals surface area contributed by atoms with E-state index in [9.17, 15) is 18.9 Å². The Morgan fingerprint density at radius 2 is 1.13 bits per heavy atom. The maximum absolute atomic E-state index is 9.83. The molecule has 0 rings (SSSR count). The monoisotopic (exact) mass is 301 g/mol. The van der Waals surface area contributed by atoms with Crippen LogP contribution in [0.5, 0.6) is 0 Å². The summed E-state index contributed by atoms with van der Waals surface area (Å²) in [4.78, 5) is 19.7.